The minimum Gasteiger partial charge on any atom is -0.466 e. The van der Waals surface area contributed by atoms with Crippen molar-refractivity contribution in [3.05, 3.63) is 24.3 Å². The number of ether oxygens (including phenoxy) is 1. The van der Waals surface area contributed by atoms with Gasteiger partial charge in [0, 0.05) is 12.8 Å². The molecule has 74 heavy (non-hydrogen) atoms. The van der Waals surface area contributed by atoms with Gasteiger partial charge in [-0.05, 0) is 57.8 Å². The second kappa shape index (κ2) is 63.9. The fourth-order valence-electron chi connectivity index (χ4n) is 10.6. The van der Waals surface area contributed by atoms with Gasteiger partial charge in [0.25, 0.3) is 0 Å². The van der Waals surface area contributed by atoms with Gasteiger partial charge in [0.05, 0.1) is 25.4 Å². The Kier molecular flexibility index (Phi) is 62.4. The number of esters is 1. The number of amides is 1. The van der Waals surface area contributed by atoms with Crippen molar-refractivity contribution in [1.82, 2.24) is 5.32 Å². The van der Waals surface area contributed by atoms with Crippen LogP contribution in [0.2, 0.25) is 0 Å². The molecule has 1 amide bonds. The van der Waals surface area contributed by atoms with Crippen LogP contribution in [0, 0.1) is 0 Å². The number of carbonyl (C=O) groups excluding carboxylic acids is 2. The zero-order valence-electron chi connectivity index (χ0n) is 50.1. The summed E-state index contributed by atoms with van der Waals surface area (Å²) in [7, 11) is 0. The van der Waals surface area contributed by atoms with Gasteiger partial charge in [-0.1, -0.05) is 327 Å². The zero-order chi connectivity index (χ0) is 53.6. The van der Waals surface area contributed by atoms with E-state index in [1.165, 1.54) is 302 Å². The quantitative estimate of drug-likeness (QED) is 0.0320. The molecule has 2 atom stereocenters. The summed E-state index contributed by atoms with van der Waals surface area (Å²) in [6, 6.07) is -0.629. The van der Waals surface area contributed by atoms with Crippen LogP contribution in [0.4, 0.5) is 0 Å². The summed E-state index contributed by atoms with van der Waals surface area (Å²) in [6.07, 6.45) is 79.5. The molecule has 0 saturated carbocycles. The van der Waals surface area contributed by atoms with Crippen molar-refractivity contribution in [1.29, 1.82) is 0 Å². The molecule has 438 valence electrons. The lowest BCUT2D eigenvalue weighted by atomic mass is 10.0. The average Bonchev–Trinajstić information content (AvgIpc) is 3.40. The lowest BCUT2D eigenvalue weighted by Crippen LogP contribution is -2.45. The van der Waals surface area contributed by atoms with Crippen molar-refractivity contribution in [2.75, 3.05) is 13.2 Å². The summed E-state index contributed by atoms with van der Waals surface area (Å²) in [5.41, 5.74) is 0. The molecule has 0 bridgehead atoms. The third-order valence-electron chi connectivity index (χ3n) is 15.7. The van der Waals surface area contributed by atoms with Gasteiger partial charge in [0.15, 0.2) is 0 Å². The molecular formula is C68H131NO5. The minimum atomic E-state index is -0.845. The Morgan fingerprint density at radius 3 is 0.959 bits per heavy atom. The average molecular weight is 1040 g/mol. The van der Waals surface area contributed by atoms with Crippen molar-refractivity contribution >= 4 is 11.9 Å². The number of unbranched alkanes of at least 4 members (excludes halogenated alkanes) is 50. The second-order valence-corrected chi connectivity index (χ2v) is 23.2. The first-order valence-electron chi connectivity index (χ1n) is 33.6. The van der Waals surface area contributed by atoms with Crippen molar-refractivity contribution in [3.63, 3.8) is 0 Å². The van der Waals surface area contributed by atoms with Crippen LogP contribution in [0.1, 0.15) is 373 Å². The predicted molar refractivity (Wildman–Crippen MR) is 324 cm³/mol. The molecule has 0 aromatic carbocycles. The van der Waals surface area contributed by atoms with Gasteiger partial charge in [-0.3, -0.25) is 9.59 Å². The first-order chi connectivity index (χ1) is 36.5. The molecule has 0 fully saturated rings. The summed E-state index contributed by atoms with van der Waals surface area (Å²) >= 11 is 0. The highest BCUT2D eigenvalue weighted by Gasteiger charge is 2.18. The molecule has 0 aromatic rings. The minimum absolute atomic E-state index is 0.00483. The summed E-state index contributed by atoms with van der Waals surface area (Å²) in [5.74, 6) is -0.0597. The number of carbonyl (C=O) groups is 2. The molecular weight excluding hydrogens is 911 g/mol. The van der Waals surface area contributed by atoms with Gasteiger partial charge in [-0.2, -0.15) is 0 Å². The standard InChI is InChI=1S/C68H131NO5/c1-3-5-7-9-11-13-15-17-19-20-21-24-27-30-33-36-40-44-48-52-56-60-66(71)65(64-70)69-67(72)61-57-53-49-45-41-37-34-31-28-25-22-23-26-29-32-35-39-43-47-51-55-59-63-74-68(73)62-58-54-50-46-42-38-18-16-14-12-10-8-6-4-2/h16,18,56,60,65-66,70-71H,3-15,17,19-55,57-59,61-64H2,1-2H3,(H,69,72)/b18-16-,60-56+. The number of allylic oxidation sites excluding steroid dienone is 3. The first-order valence-corrected chi connectivity index (χ1v) is 33.6. The lowest BCUT2D eigenvalue weighted by molar-refractivity contribution is -0.143. The lowest BCUT2D eigenvalue weighted by Gasteiger charge is -2.20. The van der Waals surface area contributed by atoms with Crippen LogP contribution < -0.4 is 5.32 Å². The molecule has 0 aliphatic heterocycles. The van der Waals surface area contributed by atoms with E-state index in [0.717, 1.165) is 44.9 Å². The van der Waals surface area contributed by atoms with Crippen molar-refractivity contribution < 1.29 is 24.5 Å². The van der Waals surface area contributed by atoms with Crippen molar-refractivity contribution in [2.45, 2.75) is 386 Å². The Balaban J connectivity index is 3.41. The molecule has 2 unspecified atom stereocenters. The molecule has 0 radical (unpaired) electrons. The smallest absolute Gasteiger partial charge is 0.305 e. The highest BCUT2D eigenvalue weighted by atomic mass is 16.5. The van der Waals surface area contributed by atoms with E-state index in [1.807, 2.05) is 6.08 Å². The summed E-state index contributed by atoms with van der Waals surface area (Å²) < 4.78 is 5.48. The Morgan fingerprint density at radius 1 is 0.365 bits per heavy atom. The Bertz CT molecular complexity index is 1150. The van der Waals surface area contributed by atoms with Crippen molar-refractivity contribution in [3.8, 4) is 0 Å². The van der Waals surface area contributed by atoms with Crippen LogP contribution in [0.5, 0.6) is 0 Å². The monoisotopic (exact) mass is 1040 g/mol. The Hall–Kier alpha value is -1.66. The molecule has 0 heterocycles. The van der Waals surface area contributed by atoms with Crippen LogP contribution in [0.3, 0.4) is 0 Å². The number of aliphatic hydroxyl groups is 2. The second-order valence-electron chi connectivity index (χ2n) is 23.2. The maximum absolute atomic E-state index is 12.5. The van der Waals surface area contributed by atoms with E-state index in [0.29, 0.717) is 19.4 Å². The molecule has 3 N–H and O–H groups in total. The fraction of sp³-hybridized carbons (Fsp3) is 0.912. The molecule has 6 nitrogen and oxygen atoms in total. The van der Waals surface area contributed by atoms with Crippen LogP contribution in [0.15, 0.2) is 24.3 Å². The van der Waals surface area contributed by atoms with Gasteiger partial charge in [0.2, 0.25) is 5.91 Å². The van der Waals surface area contributed by atoms with Crippen LogP contribution in [-0.4, -0.2) is 47.4 Å². The first kappa shape index (κ1) is 72.3. The largest absolute Gasteiger partial charge is 0.466 e. The van der Waals surface area contributed by atoms with Crippen LogP contribution >= 0.6 is 0 Å². The van der Waals surface area contributed by atoms with E-state index < -0.39 is 12.1 Å². The SMILES string of the molecule is CCCCCCC/C=C\CCCCCCCC(=O)OCCCCCCCCCCCCCCCCCCCCCCCCC(=O)NC(CO)C(O)/C=C/CCCCCCCCCCCCCCCCCCCCC. The van der Waals surface area contributed by atoms with Gasteiger partial charge >= 0.3 is 5.97 Å². The molecule has 0 aliphatic rings. The molecule has 0 aromatic heterocycles. The number of hydrogen-bond donors (Lipinski definition) is 3. The van der Waals surface area contributed by atoms with E-state index in [9.17, 15) is 19.8 Å². The van der Waals surface area contributed by atoms with Crippen LogP contribution in [0.25, 0.3) is 0 Å². The molecule has 0 saturated heterocycles. The van der Waals surface area contributed by atoms with Crippen molar-refractivity contribution in [2.24, 2.45) is 0 Å². The Morgan fingerprint density at radius 2 is 0.635 bits per heavy atom. The molecule has 0 rings (SSSR count). The van der Waals surface area contributed by atoms with Gasteiger partial charge in [0.1, 0.15) is 0 Å². The Labute approximate surface area is 462 Å². The van der Waals surface area contributed by atoms with E-state index in [4.69, 9.17) is 4.74 Å². The summed E-state index contributed by atoms with van der Waals surface area (Å²) in [4.78, 5) is 24.6. The normalized spacial score (nSPS) is 12.6. The highest BCUT2D eigenvalue weighted by Crippen LogP contribution is 2.18. The number of aliphatic hydroxyl groups excluding tert-OH is 2. The van der Waals surface area contributed by atoms with Gasteiger partial charge in [-0.25, -0.2) is 0 Å². The topological polar surface area (TPSA) is 95.9 Å². The van der Waals surface area contributed by atoms with Gasteiger partial charge < -0.3 is 20.3 Å². The van der Waals surface area contributed by atoms with E-state index in [-0.39, 0.29) is 18.5 Å². The third-order valence-corrected chi connectivity index (χ3v) is 15.7. The number of hydrogen-bond acceptors (Lipinski definition) is 5. The summed E-state index contributed by atoms with van der Waals surface area (Å²) in [5, 5.41) is 23.2. The third kappa shape index (κ3) is 59.6. The maximum atomic E-state index is 12.5. The fourth-order valence-corrected chi connectivity index (χ4v) is 10.6. The van der Waals surface area contributed by atoms with E-state index in [1.54, 1.807) is 6.08 Å². The predicted octanol–water partition coefficient (Wildman–Crippen LogP) is 21.4. The van der Waals surface area contributed by atoms with Crippen LogP contribution in [-0.2, 0) is 14.3 Å². The van der Waals surface area contributed by atoms with E-state index >= 15 is 0 Å². The number of nitrogens with one attached hydrogen (secondary N) is 1. The zero-order valence-corrected chi connectivity index (χ0v) is 50.1. The summed E-state index contributed by atoms with van der Waals surface area (Å²) in [6.45, 7) is 4.92. The number of rotatable bonds is 63. The van der Waals surface area contributed by atoms with Gasteiger partial charge in [-0.15, -0.1) is 0 Å². The molecule has 6 heteroatoms. The van der Waals surface area contributed by atoms with E-state index in [2.05, 4.69) is 31.3 Å². The molecule has 0 aliphatic carbocycles. The molecule has 0 spiro atoms. The highest BCUT2D eigenvalue weighted by molar-refractivity contribution is 5.76. The maximum Gasteiger partial charge on any atom is 0.305 e.